The number of ether oxygens (including phenoxy) is 2. The lowest BCUT2D eigenvalue weighted by molar-refractivity contribution is 0.0521. The molecule has 0 saturated carbocycles. The lowest BCUT2D eigenvalue weighted by atomic mass is 10.0. The van der Waals surface area contributed by atoms with E-state index in [-0.39, 0.29) is 42.8 Å². The predicted octanol–water partition coefficient (Wildman–Crippen LogP) is 3.19. The Hall–Kier alpha value is -3.46. The molecule has 3 rings (SSSR count). The molecule has 2 aliphatic carbocycles. The van der Waals surface area contributed by atoms with Gasteiger partial charge in [0.05, 0.1) is 18.9 Å². The molecule has 0 fully saturated rings. The Morgan fingerprint density at radius 2 is 2.00 bits per heavy atom. The highest BCUT2D eigenvalue weighted by atomic mass is 16.5. The van der Waals surface area contributed by atoms with Crippen LogP contribution in [0.5, 0.6) is 5.88 Å². The number of H-pyrrole nitrogens is 1. The summed E-state index contributed by atoms with van der Waals surface area (Å²) in [5.74, 6) is -0.442. The summed E-state index contributed by atoms with van der Waals surface area (Å²) in [4.78, 5) is 12.3. The number of azo groups is 1. The fourth-order valence-electron chi connectivity index (χ4n) is 2.62. The number of aromatic amines is 1. The fraction of sp³-hybridized carbons (Fsp3) is 0.263. The van der Waals surface area contributed by atoms with Crippen LogP contribution in [0.25, 0.3) is 0 Å². The van der Waals surface area contributed by atoms with Gasteiger partial charge in [-0.05, 0) is 30.2 Å². The van der Waals surface area contributed by atoms with Crippen molar-refractivity contribution in [1.29, 1.82) is 0 Å². The SMILES string of the molecule is CCOC(=O)c1c(N=NC2=CC=C(O)C3=CC=CC=C2C3)n[nH]c1OCCO. The molecule has 1 aromatic rings. The molecule has 1 aromatic heterocycles. The third-order valence-corrected chi connectivity index (χ3v) is 3.93. The van der Waals surface area contributed by atoms with Gasteiger partial charge in [-0.1, -0.05) is 24.3 Å². The molecule has 0 atom stereocenters. The Kier molecular flexibility index (Phi) is 6.18. The molecular formula is C19H20N4O5. The zero-order chi connectivity index (χ0) is 19.9. The first kappa shape index (κ1) is 19.3. The molecule has 0 unspecified atom stereocenters. The Labute approximate surface area is 161 Å². The van der Waals surface area contributed by atoms with Crippen LogP contribution in [-0.4, -0.2) is 46.2 Å². The van der Waals surface area contributed by atoms with Crippen LogP contribution >= 0.6 is 0 Å². The van der Waals surface area contributed by atoms with Gasteiger partial charge in [-0.15, -0.1) is 15.3 Å². The van der Waals surface area contributed by atoms with Crippen LogP contribution in [0, 0.1) is 0 Å². The highest BCUT2D eigenvalue weighted by Gasteiger charge is 2.24. The first-order valence-corrected chi connectivity index (χ1v) is 8.73. The lowest BCUT2D eigenvalue weighted by Crippen LogP contribution is -2.09. The molecule has 2 bridgehead atoms. The van der Waals surface area contributed by atoms with Crippen LogP contribution in [0.4, 0.5) is 5.82 Å². The van der Waals surface area contributed by atoms with Crippen molar-refractivity contribution >= 4 is 11.8 Å². The molecular weight excluding hydrogens is 364 g/mol. The standard InChI is InChI=1S/C19H20N4O5/c1-2-27-19(26)16-17(22-23-18(16)28-10-9-24)21-20-14-7-8-15(25)13-6-4-3-5-12(14)11-13/h3-8,24-25H,2,9-11H2,1H3,(H,22,23). The number of fused-ring (bicyclic) bond motifs is 2. The quantitative estimate of drug-likeness (QED) is 0.489. The van der Waals surface area contributed by atoms with E-state index in [0.29, 0.717) is 12.1 Å². The second-order valence-electron chi connectivity index (χ2n) is 5.79. The van der Waals surface area contributed by atoms with E-state index in [4.69, 9.17) is 14.6 Å². The minimum atomic E-state index is -0.660. The van der Waals surface area contributed by atoms with E-state index in [1.54, 1.807) is 19.1 Å². The number of hydrogen-bond donors (Lipinski definition) is 3. The number of aromatic nitrogens is 2. The molecule has 146 valence electrons. The lowest BCUT2D eigenvalue weighted by Gasteiger charge is -2.06. The van der Waals surface area contributed by atoms with Crippen molar-refractivity contribution < 1.29 is 24.5 Å². The second kappa shape index (κ2) is 8.96. The van der Waals surface area contributed by atoms with Crippen molar-refractivity contribution in [1.82, 2.24) is 10.2 Å². The minimum absolute atomic E-state index is 0.00184. The van der Waals surface area contributed by atoms with E-state index in [0.717, 1.165) is 11.1 Å². The van der Waals surface area contributed by atoms with E-state index in [9.17, 15) is 9.90 Å². The first-order chi connectivity index (χ1) is 13.6. The van der Waals surface area contributed by atoms with Crippen LogP contribution in [0.1, 0.15) is 23.7 Å². The van der Waals surface area contributed by atoms with Crippen LogP contribution in [0.3, 0.4) is 0 Å². The number of aliphatic hydroxyl groups is 2. The third kappa shape index (κ3) is 4.26. The predicted molar refractivity (Wildman–Crippen MR) is 100 cm³/mol. The third-order valence-electron chi connectivity index (χ3n) is 3.93. The van der Waals surface area contributed by atoms with Crippen molar-refractivity contribution in [3.63, 3.8) is 0 Å². The average Bonchev–Trinajstić information content (AvgIpc) is 2.85. The van der Waals surface area contributed by atoms with Gasteiger partial charge >= 0.3 is 5.97 Å². The van der Waals surface area contributed by atoms with Gasteiger partial charge in [0, 0.05) is 6.42 Å². The largest absolute Gasteiger partial charge is 0.508 e. The number of carbonyl (C=O) groups excluding carboxylic acids is 1. The summed E-state index contributed by atoms with van der Waals surface area (Å²) < 4.78 is 10.3. The number of rotatable bonds is 7. The Balaban J connectivity index is 1.92. The maximum atomic E-state index is 12.3. The summed E-state index contributed by atoms with van der Waals surface area (Å²) in [6.07, 6.45) is 11.1. The number of nitrogens with zero attached hydrogens (tertiary/aromatic N) is 3. The molecule has 0 amide bonds. The van der Waals surface area contributed by atoms with E-state index in [1.807, 2.05) is 24.3 Å². The van der Waals surface area contributed by atoms with Crippen LogP contribution < -0.4 is 4.74 Å². The number of aliphatic hydroxyl groups excluding tert-OH is 2. The minimum Gasteiger partial charge on any atom is -0.508 e. The summed E-state index contributed by atoms with van der Waals surface area (Å²) in [7, 11) is 0. The van der Waals surface area contributed by atoms with Crippen molar-refractivity contribution in [2.75, 3.05) is 19.8 Å². The molecule has 2 aliphatic rings. The number of hydrogen-bond acceptors (Lipinski definition) is 8. The van der Waals surface area contributed by atoms with Gasteiger partial charge in [-0.3, -0.25) is 0 Å². The first-order valence-electron chi connectivity index (χ1n) is 8.73. The Morgan fingerprint density at radius 1 is 1.21 bits per heavy atom. The Bertz CT molecular complexity index is 934. The van der Waals surface area contributed by atoms with E-state index in [1.165, 1.54) is 0 Å². The van der Waals surface area contributed by atoms with Gasteiger partial charge < -0.3 is 19.7 Å². The molecule has 0 aliphatic heterocycles. The van der Waals surface area contributed by atoms with E-state index < -0.39 is 5.97 Å². The molecule has 0 radical (unpaired) electrons. The van der Waals surface area contributed by atoms with Crippen molar-refractivity contribution in [2.24, 2.45) is 10.2 Å². The maximum absolute atomic E-state index is 12.3. The molecule has 1 heterocycles. The van der Waals surface area contributed by atoms with Crippen LogP contribution in [0.15, 0.2) is 69.3 Å². The maximum Gasteiger partial charge on any atom is 0.347 e. The van der Waals surface area contributed by atoms with Crippen molar-refractivity contribution in [2.45, 2.75) is 13.3 Å². The molecule has 0 aromatic carbocycles. The van der Waals surface area contributed by atoms with Gasteiger partial charge in [0.1, 0.15) is 12.4 Å². The molecule has 9 heteroatoms. The fourth-order valence-corrected chi connectivity index (χ4v) is 2.62. The summed E-state index contributed by atoms with van der Waals surface area (Å²) in [6.45, 7) is 1.61. The van der Waals surface area contributed by atoms with Crippen LogP contribution in [0.2, 0.25) is 0 Å². The average molecular weight is 384 g/mol. The smallest absolute Gasteiger partial charge is 0.347 e. The highest BCUT2D eigenvalue weighted by molar-refractivity contribution is 5.96. The number of nitrogens with one attached hydrogen (secondary N) is 1. The van der Waals surface area contributed by atoms with Gasteiger partial charge in [-0.2, -0.15) is 0 Å². The normalized spacial score (nSPS) is 15.9. The molecule has 0 spiro atoms. The van der Waals surface area contributed by atoms with Gasteiger partial charge in [0.15, 0.2) is 5.56 Å². The molecule has 0 saturated heterocycles. The molecule has 28 heavy (non-hydrogen) atoms. The summed E-state index contributed by atoms with van der Waals surface area (Å²) in [6, 6.07) is 0. The van der Waals surface area contributed by atoms with E-state index >= 15 is 0 Å². The van der Waals surface area contributed by atoms with Crippen molar-refractivity contribution in [3.8, 4) is 5.88 Å². The van der Waals surface area contributed by atoms with Gasteiger partial charge in [0.25, 0.3) is 0 Å². The molecule has 9 nitrogen and oxygen atoms in total. The van der Waals surface area contributed by atoms with Gasteiger partial charge in [-0.25, -0.2) is 9.89 Å². The number of carbonyl (C=O) groups is 1. The van der Waals surface area contributed by atoms with E-state index in [2.05, 4.69) is 20.4 Å². The zero-order valence-electron chi connectivity index (χ0n) is 15.3. The van der Waals surface area contributed by atoms with Gasteiger partial charge in [0.2, 0.25) is 11.7 Å². The summed E-state index contributed by atoms with van der Waals surface area (Å²) in [5.41, 5.74) is 2.15. The zero-order valence-corrected chi connectivity index (χ0v) is 15.3. The molecule has 3 N–H and O–H groups in total. The number of allylic oxidation sites excluding steroid dienone is 8. The monoisotopic (exact) mass is 384 g/mol. The summed E-state index contributed by atoms with van der Waals surface area (Å²) >= 11 is 0. The number of esters is 1. The Morgan fingerprint density at radius 3 is 2.75 bits per heavy atom. The topological polar surface area (TPSA) is 129 Å². The van der Waals surface area contributed by atoms with Crippen molar-refractivity contribution in [3.05, 3.63) is 64.6 Å². The highest BCUT2D eigenvalue weighted by Crippen LogP contribution is 2.32. The summed E-state index contributed by atoms with van der Waals surface area (Å²) in [5, 5.41) is 33.8. The second-order valence-corrected chi connectivity index (χ2v) is 5.79. The van der Waals surface area contributed by atoms with Crippen LogP contribution in [-0.2, 0) is 4.74 Å².